The number of nitrogens with one attached hydrogen (secondary N) is 2. The lowest BCUT2D eigenvalue weighted by Gasteiger charge is -2.26. The van der Waals surface area contributed by atoms with Crippen molar-refractivity contribution in [3.8, 4) is 0 Å². The van der Waals surface area contributed by atoms with Crippen LogP contribution in [-0.4, -0.2) is 47.6 Å². The quantitative estimate of drug-likeness (QED) is 0.575. The molecule has 1 saturated heterocycles. The summed E-state index contributed by atoms with van der Waals surface area (Å²) in [7, 11) is 0. The van der Waals surface area contributed by atoms with Gasteiger partial charge in [-0.3, -0.25) is 14.4 Å². The minimum atomic E-state index is -0.719. The van der Waals surface area contributed by atoms with Crippen LogP contribution in [0.4, 0.5) is 4.39 Å². The lowest BCUT2D eigenvalue weighted by atomic mass is 9.82. The van der Waals surface area contributed by atoms with E-state index in [1.165, 1.54) is 17.0 Å². The zero-order valence-corrected chi connectivity index (χ0v) is 17.2. The highest BCUT2D eigenvalue weighted by molar-refractivity contribution is 6.35. The number of rotatable bonds is 5. The summed E-state index contributed by atoms with van der Waals surface area (Å²) in [4.78, 5) is 38.0. The molecule has 154 valence electrons. The van der Waals surface area contributed by atoms with Crippen LogP contribution in [0.5, 0.6) is 0 Å². The summed E-state index contributed by atoms with van der Waals surface area (Å²) < 4.78 is 12.9. The number of likely N-dealkylation sites (tertiary alicyclic amines) is 1. The number of hydrogen-bond donors (Lipinski definition) is 2. The van der Waals surface area contributed by atoms with E-state index in [0.717, 1.165) is 6.42 Å². The minimum absolute atomic E-state index is 0.0124. The SMILES string of the molecule is CC(C)(C)C[C@@H]1CN(C(=O)C(=O)NCc2ccc(F)cc2)C[C@H]1NC(=O)CCl. The Bertz CT molecular complexity index is 718. The maximum Gasteiger partial charge on any atom is 0.311 e. The van der Waals surface area contributed by atoms with Crippen LogP contribution in [0.1, 0.15) is 32.8 Å². The molecule has 0 saturated carbocycles. The molecule has 0 unspecified atom stereocenters. The van der Waals surface area contributed by atoms with Crippen LogP contribution < -0.4 is 10.6 Å². The molecule has 2 N–H and O–H groups in total. The topological polar surface area (TPSA) is 78.5 Å². The molecule has 1 fully saturated rings. The molecular formula is C20H27ClFN3O3. The molecule has 1 heterocycles. The molecular weight excluding hydrogens is 385 g/mol. The van der Waals surface area contributed by atoms with Crippen molar-refractivity contribution in [2.75, 3.05) is 19.0 Å². The lowest BCUT2D eigenvalue weighted by Crippen LogP contribution is -2.44. The normalized spacial score (nSPS) is 19.4. The first-order valence-electron chi connectivity index (χ1n) is 9.26. The van der Waals surface area contributed by atoms with E-state index in [1.807, 2.05) is 0 Å². The van der Waals surface area contributed by atoms with Crippen molar-refractivity contribution in [1.29, 1.82) is 0 Å². The van der Waals surface area contributed by atoms with Gasteiger partial charge in [0.05, 0.1) is 6.04 Å². The fourth-order valence-electron chi connectivity index (χ4n) is 3.44. The summed E-state index contributed by atoms with van der Waals surface area (Å²) in [5.74, 6) is -2.11. The number of amides is 3. The third kappa shape index (κ3) is 6.48. The molecule has 1 aliphatic rings. The fourth-order valence-corrected chi connectivity index (χ4v) is 3.52. The Morgan fingerprint density at radius 2 is 1.82 bits per heavy atom. The first-order valence-corrected chi connectivity index (χ1v) is 9.79. The Hall–Kier alpha value is -2.15. The highest BCUT2D eigenvalue weighted by atomic mass is 35.5. The number of halogens is 2. The first kappa shape index (κ1) is 22.1. The van der Waals surface area contributed by atoms with Gasteiger partial charge in [0.1, 0.15) is 11.7 Å². The number of carbonyl (C=O) groups excluding carboxylic acids is 3. The third-order valence-corrected chi connectivity index (χ3v) is 4.87. The molecule has 0 aromatic heterocycles. The molecule has 0 radical (unpaired) electrons. The van der Waals surface area contributed by atoms with Crippen molar-refractivity contribution >= 4 is 29.3 Å². The van der Waals surface area contributed by atoms with Crippen LogP contribution in [0.25, 0.3) is 0 Å². The van der Waals surface area contributed by atoms with Crippen LogP contribution in [0, 0.1) is 17.2 Å². The summed E-state index contributed by atoms with van der Waals surface area (Å²) in [6.07, 6.45) is 0.793. The van der Waals surface area contributed by atoms with E-state index in [-0.39, 0.29) is 48.1 Å². The Morgan fingerprint density at radius 1 is 1.18 bits per heavy atom. The lowest BCUT2D eigenvalue weighted by molar-refractivity contribution is -0.145. The average molecular weight is 412 g/mol. The van der Waals surface area contributed by atoms with E-state index in [2.05, 4.69) is 31.4 Å². The Balaban J connectivity index is 1.97. The maximum absolute atomic E-state index is 12.9. The molecule has 0 spiro atoms. The summed E-state index contributed by atoms with van der Waals surface area (Å²) in [5.41, 5.74) is 0.709. The van der Waals surface area contributed by atoms with Crippen molar-refractivity contribution in [2.24, 2.45) is 11.3 Å². The van der Waals surface area contributed by atoms with Crippen molar-refractivity contribution < 1.29 is 18.8 Å². The maximum atomic E-state index is 12.9. The number of carbonyl (C=O) groups is 3. The van der Waals surface area contributed by atoms with E-state index in [0.29, 0.717) is 12.1 Å². The van der Waals surface area contributed by atoms with Gasteiger partial charge in [-0.15, -0.1) is 11.6 Å². The van der Waals surface area contributed by atoms with Gasteiger partial charge in [0, 0.05) is 19.6 Å². The molecule has 0 aliphatic carbocycles. The van der Waals surface area contributed by atoms with Crippen LogP contribution in [0.15, 0.2) is 24.3 Å². The molecule has 6 nitrogen and oxygen atoms in total. The van der Waals surface area contributed by atoms with Crippen LogP contribution in [0.2, 0.25) is 0 Å². The van der Waals surface area contributed by atoms with Crippen LogP contribution in [0.3, 0.4) is 0 Å². The predicted molar refractivity (Wildman–Crippen MR) is 105 cm³/mol. The first-order chi connectivity index (χ1) is 13.1. The molecule has 8 heteroatoms. The summed E-state index contributed by atoms with van der Waals surface area (Å²) in [6, 6.07) is 5.45. The van der Waals surface area contributed by atoms with E-state index in [9.17, 15) is 18.8 Å². The van der Waals surface area contributed by atoms with Gasteiger partial charge >= 0.3 is 11.8 Å². The van der Waals surface area contributed by atoms with Gasteiger partial charge in [-0.2, -0.15) is 0 Å². The number of nitrogens with zero attached hydrogens (tertiary/aromatic N) is 1. The van der Waals surface area contributed by atoms with Crippen molar-refractivity contribution in [2.45, 2.75) is 39.8 Å². The predicted octanol–water partition coefficient (Wildman–Crippen LogP) is 2.06. The van der Waals surface area contributed by atoms with Gasteiger partial charge in [0.15, 0.2) is 0 Å². The molecule has 0 bridgehead atoms. The van der Waals surface area contributed by atoms with E-state index < -0.39 is 11.8 Å². The van der Waals surface area contributed by atoms with Gasteiger partial charge in [-0.1, -0.05) is 32.9 Å². The van der Waals surface area contributed by atoms with Gasteiger partial charge in [-0.05, 0) is 35.4 Å². The van der Waals surface area contributed by atoms with E-state index in [1.54, 1.807) is 12.1 Å². The van der Waals surface area contributed by atoms with Gasteiger partial charge in [-0.25, -0.2) is 4.39 Å². The highest BCUT2D eigenvalue weighted by Crippen LogP contribution is 2.30. The second-order valence-corrected chi connectivity index (χ2v) is 8.62. The average Bonchev–Trinajstić information content (AvgIpc) is 3.00. The fraction of sp³-hybridized carbons (Fsp3) is 0.550. The molecule has 1 aliphatic heterocycles. The van der Waals surface area contributed by atoms with Crippen molar-refractivity contribution in [3.63, 3.8) is 0 Å². The molecule has 1 aromatic rings. The number of hydrogen-bond acceptors (Lipinski definition) is 3. The standard InChI is InChI=1S/C20H27ClFN3O3/c1-20(2,3)8-14-11-25(12-16(14)24-17(26)9-21)19(28)18(27)23-10-13-4-6-15(22)7-5-13/h4-7,14,16H,8-12H2,1-3H3,(H,23,27)(H,24,26)/t14-,16-/m1/s1. The van der Waals surface area contributed by atoms with E-state index >= 15 is 0 Å². The van der Waals surface area contributed by atoms with Crippen LogP contribution >= 0.6 is 11.6 Å². The third-order valence-electron chi connectivity index (χ3n) is 4.63. The second kappa shape index (κ2) is 9.37. The molecule has 1 aromatic carbocycles. The molecule has 2 atom stereocenters. The summed E-state index contributed by atoms with van der Waals surface area (Å²) >= 11 is 5.59. The zero-order valence-electron chi connectivity index (χ0n) is 16.4. The van der Waals surface area contributed by atoms with Crippen molar-refractivity contribution in [3.05, 3.63) is 35.6 Å². The number of alkyl halides is 1. The van der Waals surface area contributed by atoms with Gasteiger partial charge in [0.25, 0.3) is 0 Å². The highest BCUT2D eigenvalue weighted by Gasteiger charge is 2.39. The number of benzene rings is 1. The van der Waals surface area contributed by atoms with Crippen molar-refractivity contribution in [1.82, 2.24) is 15.5 Å². The Kier molecular flexibility index (Phi) is 7.41. The largest absolute Gasteiger partial charge is 0.350 e. The molecule has 3 amide bonds. The van der Waals surface area contributed by atoms with Crippen LogP contribution in [-0.2, 0) is 20.9 Å². The Labute approximate surface area is 169 Å². The molecule has 2 rings (SSSR count). The smallest absolute Gasteiger partial charge is 0.311 e. The van der Waals surface area contributed by atoms with Gasteiger partial charge < -0.3 is 15.5 Å². The monoisotopic (exact) mass is 411 g/mol. The minimum Gasteiger partial charge on any atom is -0.350 e. The zero-order chi connectivity index (χ0) is 20.9. The Morgan fingerprint density at radius 3 is 2.39 bits per heavy atom. The van der Waals surface area contributed by atoms with E-state index in [4.69, 9.17) is 11.6 Å². The van der Waals surface area contributed by atoms with Gasteiger partial charge in [0.2, 0.25) is 5.91 Å². The molecule has 28 heavy (non-hydrogen) atoms. The summed E-state index contributed by atoms with van der Waals surface area (Å²) in [5, 5.41) is 5.42. The second-order valence-electron chi connectivity index (χ2n) is 8.35. The summed E-state index contributed by atoms with van der Waals surface area (Å²) in [6.45, 7) is 7.07.